The van der Waals surface area contributed by atoms with Crippen LogP contribution < -0.4 is 5.32 Å². The standard InChI is InChI=1S/C15H23FN2O/c1-2-8-18(14-4-3-7-17-10-14)11-12-9-13(16)5-6-15(12)19/h5-6,9,14,17,19H,2-4,7-8,10-11H2,1H3. The van der Waals surface area contributed by atoms with Crippen molar-refractivity contribution in [3.63, 3.8) is 0 Å². The Labute approximate surface area is 114 Å². The number of nitrogens with zero attached hydrogens (tertiary/aromatic N) is 1. The highest BCUT2D eigenvalue weighted by atomic mass is 19.1. The molecule has 0 aliphatic carbocycles. The highest BCUT2D eigenvalue weighted by Gasteiger charge is 2.21. The lowest BCUT2D eigenvalue weighted by molar-refractivity contribution is 0.156. The van der Waals surface area contributed by atoms with Gasteiger partial charge in [-0.2, -0.15) is 0 Å². The van der Waals surface area contributed by atoms with Crippen LogP contribution in [0.25, 0.3) is 0 Å². The van der Waals surface area contributed by atoms with Gasteiger partial charge in [-0.05, 0) is 50.6 Å². The fourth-order valence-corrected chi connectivity index (χ4v) is 2.72. The average Bonchev–Trinajstić information content (AvgIpc) is 2.43. The average molecular weight is 266 g/mol. The third-order valence-electron chi connectivity index (χ3n) is 3.71. The molecule has 0 spiro atoms. The van der Waals surface area contributed by atoms with Crippen LogP contribution in [0.15, 0.2) is 18.2 Å². The van der Waals surface area contributed by atoms with Gasteiger partial charge in [-0.1, -0.05) is 6.92 Å². The quantitative estimate of drug-likeness (QED) is 0.859. The van der Waals surface area contributed by atoms with Crippen molar-refractivity contribution in [2.24, 2.45) is 0 Å². The Kier molecular flexibility index (Phi) is 5.16. The summed E-state index contributed by atoms with van der Waals surface area (Å²) in [7, 11) is 0. The molecule has 1 fully saturated rings. The fraction of sp³-hybridized carbons (Fsp3) is 0.600. The minimum Gasteiger partial charge on any atom is -0.508 e. The lowest BCUT2D eigenvalue weighted by atomic mass is 10.0. The van der Waals surface area contributed by atoms with Crippen molar-refractivity contribution in [2.75, 3.05) is 19.6 Å². The topological polar surface area (TPSA) is 35.5 Å². The van der Waals surface area contributed by atoms with Gasteiger partial charge in [-0.3, -0.25) is 4.90 Å². The van der Waals surface area contributed by atoms with E-state index < -0.39 is 0 Å². The zero-order valence-corrected chi connectivity index (χ0v) is 11.5. The number of halogens is 1. The van der Waals surface area contributed by atoms with E-state index in [1.807, 2.05) is 0 Å². The molecule has 0 radical (unpaired) electrons. The highest BCUT2D eigenvalue weighted by Crippen LogP contribution is 2.22. The molecule has 0 bridgehead atoms. The number of phenolic OH excluding ortho intramolecular Hbond substituents is 1. The molecule has 0 saturated carbocycles. The number of piperidine rings is 1. The summed E-state index contributed by atoms with van der Waals surface area (Å²) < 4.78 is 13.3. The fourth-order valence-electron chi connectivity index (χ4n) is 2.72. The van der Waals surface area contributed by atoms with Crippen LogP contribution in [0.3, 0.4) is 0 Å². The molecule has 1 atom stereocenters. The Morgan fingerprint density at radius 3 is 3.00 bits per heavy atom. The predicted octanol–water partition coefficient (Wildman–Crippen LogP) is 2.50. The second-order valence-corrected chi connectivity index (χ2v) is 5.24. The van der Waals surface area contributed by atoms with Crippen LogP contribution in [0.5, 0.6) is 5.75 Å². The summed E-state index contributed by atoms with van der Waals surface area (Å²) in [5.74, 6) is -0.0997. The molecule has 1 aromatic carbocycles. The Balaban J connectivity index is 2.08. The van der Waals surface area contributed by atoms with E-state index in [4.69, 9.17) is 0 Å². The highest BCUT2D eigenvalue weighted by molar-refractivity contribution is 5.32. The molecule has 0 amide bonds. The molecule has 1 aliphatic rings. The van der Waals surface area contributed by atoms with Crippen molar-refractivity contribution in [2.45, 2.75) is 38.8 Å². The van der Waals surface area contributed by atoms with Gasteiger partial charge >= 0.3 is 0 Å². The minimum atomic E-state index is -0.286. The molecule has 1 aromatic rings. The van der Waals surface area contributed by atoms with Crippen LogP contribution in [0.2, 0.25) is 0 Å². The molecule has 3 nitrogen and oxygen atoms in total. The van der Waals surface area contributed by atoms with Crippen LogP contribution in [0.1, 0.15) is 31.7 Å². The van der Waals surface area contributed by atoms with Crippen molar-refractivity contribution >= 4 is 0 Å². The van der Waals surface area contributed by atoms with Crippen molar-refractivity contribution in [3.8, 4) is 5.75 Å². The van der Waals surface area contributed by atoms with Crippen LogP contribution in [0, 0.1) is 5.82 Å². The van der Waals surface area contributed by atoms with Gasteiger partial charge in [-0.25, -0.2) is 4.39 Å². The van der Waals surface area contributed by atoms with E-state index in [1.165, 1.54) is 31.0 Å². The Morgan fingerprint density at radius 1 is 1.47 bits per heavy atom. The molecule has 19 heavy (non-hydrogen) atoms. The number of aromatic hydroxyl groups is 1. The van der Waals surface area contributed by atoms with E-state index >= 15 is 0 Å². The lowest BCUT2D eigenvalue weighted by Gasteiger charge is -2.34. The van der Waals surface area contributed by atoms with Gasteiger partial charge in [0.05, 0.1) is 0 Å². The van der Waals surface area contributed by atoms with Gasteiger partial charge in [0.15, 0.2) is 0 Å². The summed E-state index contributed by atoms with van der Waals surface area (Å²) in [6.45, 7) is 5.80. The van der Waals surface area contributed by atoms with Crippen LogP contribution >= 0.6 is 0 Å². The van der Waals surface area contributed by atoms with Crippen molar-refractivity contribution < 1.29 is 9.50 Å². The van der Waals surface area contributed by atoms with Gasteiger partial charge in [0.25, 0.3) is 0 Å². The second-order valence-electron chi connectivity index (χ2n) is 5.24. The van der Waals surface area contributed by atoms with Crippen LogP contribution in [-0.2, 0) is 6.54 Å². The van der Waals surface area contributed by atoms with Gasteiger partial charge < -0.3 is 10.4 Å². The summed E-state index contributed by atoms with van der Waals surface area (Å²) in [5.41, 5.74) is 0.680. The molecule has 1 heterocycles. The number of nitrogens with one attached hydrogen (secondary N) is 1. The molecular weight excluding hydrogens is 243 g/mol. The first-order valence-electron chi connectivity index (χ1n) is 7.13. The molecule has 2 N–H and O–H groups in total. The van der Waals surface area contributed by atoms with Crippen LogP contribution in [0.4, 0.5) is 4.39 Å². The Bertz CT molecular complexity index is 405. The molecule has 0 aromatic heterocycles. The monoisotopic (exact) mass is 266 g/mol. The van der Waals surface area contributed by atoms with Crippen molar-refractivity contribution in [1.29, 1.82) is 0 Å². The normalized spacial score (nSPS) is 19.8. The maximum atomic E-state index is 13.3. The number of hydrogen-bond donors (Lipinski definition) is 2. The Morgan fingerprint density at radius 2 is 2.32 bits per heavy atom. The molecule has 106 valence electrons. The maximum absolute atomic E-state index is 13.3. The number of rotatable bonds is 5. The molecule has 1 unspecified atom stereocenters. The molecule has 4 heteroatoms. The van der Waals surface area contributed by atoms with E-state index in [1.54, 1.807) is 0 Å². The summed E-state index contributed by atoms with van der Waals surface area (Å²) in [5, 5.41) is 13.2. The zero-order valence-electron chi connectivity index (χ0n) is 11.5. The predicted molar refractivity (Wildman–Crippen MR) is 74.7 cm³/mol. The second kappa shape index (κ2) is 6.87. The Hall–Kier alpha value is -1.13. The van der Waals surface area contributed by atoms with Crippen molar-refractivity contribution in [1.82, 2.24) is 10.2 Å². The van der Waals surface area contributed by atoms with Gasteiger partial charge in [0, 0.05) is 24.7 Å². The number of benzene rings is 1. The first-order chi connectivity index (χ1) is 9.20. The van der Waals surface area contributed by atoms with E-state index in [-0.39, 0.29) is 11.6 Å². The van der Waals surface area contributed by atoms with Crippen LogP contribution in [-0.4, -0.2) is 35.7 Å². The maximum Gasteiger partial charge on any atom is 0.123 e. The molecule has 1 aliphatic heterocycles. The molecule has 1 saturated heterocycles. The third-order valence-corrected chi connectivity index (χ3v) is 3.71. The molecule has 2 rings (SSSR count). The van der Waals surface area contributed by atoms with E-state index in [2.05, 4.69) is 17.1 Å². The third kappa shape index (κ3) is 3.91. The first-order valence-corrected chi connectivity index (χ1v) is 7.13. The number of hydrogen-bond acceptors (Lipinski definition) is 3. The minimum absolute atomic E-state index is 0.186. The van der Waals surface area contributed by atoms with Crippen molar-refractivity contribution in [3.05, 3.63) is 29.6 Å². The summed E-state index contributed by atoms with van der Waals surface area (Å²) >= 11 is 0. The summed E-state index contributed by atoms with van der Waals surface area (Å²) in [6, 6.07) is 4.66. The summed E-state index contributed by atoms with van der Waals surface area (Å²) in [4.78, 5) is 2.35. The SMILES string of the molecule is CCCN(Cc1cc(F)ccc1O)C1CCCNC1. The number of phenols is 1. The smallest absolute Gasteiger partial charge is 0.123 e. The van der Waals surface area contributed by atoms with Gasteiger partial charge in [-0.15, -0.1) is 0 Å². The van der Waals surface area contributed by atoms with Gasteiger partial charge in [0.1, 0.15) is 11.6 Å². The lowest BCUT2D eigenvalue weighted by Crippen LogP contribution is -2.45. The van der Waals surface area contributed by atoms with E-state index in [0.717, 1.165) is 26.1 Å². The van der Waals surface area contributed by atoms with E-state index in [9.17, 15) is 9.50 Å². The first kappa shape index (κ1) is 14.3. The largest absolute Gasteiger partial charge is 0.508 e. The van der Waals surface area contributed by atoms with E-state index in [0.29, 0.717) is 18.2 Å². The zero-order chi connectivity index (χ0) is 13.7. The summed E-state index contributed by atoms with van der Waals surface area (Å²) in [6.07, 6.45) is 3.41. The molecular formula is C15H23FN2O. The van der Waals surface area contributed by atoms with Gasteiger partial charge in [0.2, 0.25) is 0 Å².